The van der Waals surface area contributed by atoms with E-state index in [2.05, 4.69) is 10.3 Å². The van der Waals surface area contributed by atoms with Crippen LogP contribution in [0.1, 0.15) is 0 Å². The lowest BCUT2D eigenvalue weighted by atomic mass is 10.2. The Bertz CT molecular complexity index is 621. The van der Waals surface area contributed by atoms with Crippen LogP contribution >= 0.6 is 0 Å². The number of fused-ring (bicyclic) bond motifs is 1. The molecule has 2 aromatic rings. The van der Waals surface area contributed by atoms with Gasteiger partial charge in [0, 0.05) is 12.4 Å². The first kappa shape index (κ1) is 11.5. The summed E-state index contributed by atoms with van der Waals surface area (Å²) in [4.78, 5) is 29.3. The van der Waals surface area contributed by atoms with Gasteiger partial charge in [-0.1, -0.05) is 12.1 Å². The normalized spacial score (nSPS) is 13.9. The molecule has 1 aromatic carbocycles. The Labute approximate surface area is 109 Å². The van der Waals surface area contributed by atoms with E-state index in [9.17, 15) is 9.59 Å². The molecule has 2 amide bonds. The standard InChI is InChI=1S/C13H12N4O2/c18-12-7-17(11-4-2-1-3-10(11)15-12)13(19)8-16-6-5-14-9-16/h1-6,9H,7-8H2,(H,15,18). The van der Waals surface area contributed by atoms with Crippen molar-refractivity contribution in [2.45, 2.75) is 6.54 Å². The van der Waals surface area contributed by atoms with Crippen LogP contribution in [0.3, 0.4) is 0 Å². The highest BCUT2D eigenvalue weighted by atomic mass is 16.2. The Morgan fingerprint density at radius 3 is 3.00 bits per heavy atom. The number of imidazole rings is 1. The minimum atomic E-state index is -0.183. The predicted octanol–water partition coefficient (Wildman–Crippen LogP) is 0.868. The maximum absolute atomic E-state index is 12.3. The lowest BCUT2D eigenvalue weighted by Gasteiger charge is -2.29. The monoisotopic (exact) mass is 256 g/mol. The predicted molar refractivity (Wildman–Crippen MR) is 69.7 cm³/mol. The highest BCUT2D eigenvalue weighted by Gasteiger charge is 2.26. The summed E-state index contributed by atoms with van der Waals surface area (Å²) in [5, 5.41) is 2.75. The number of anilines is 2. The molecule has 0 spiro atoms. The third kappa shape index (κ3) is 2.20. The zero-order valence-corrected chi connectivity index (χ0v) is 10.1. The first-order valence-corrected chi connectivity index (χ1v) is 5.89. The number of carbonyl (C=O) groups is 2. The van der Waals surface area contributed by atoms with Gasteiger partial charge in [0.05, 0.1) is 17.7 Å². The molecule has 1 N–H and O–H groups in total. The van der Waals surface area contributed by atoms with Crippen molar-refractivity contribution in [3.63, 3.8) is 0 Å². The SMILES string of the molecule is O=C1CN(C(=O)Cn2ccnc2)c2ccccc2N1. The van der Waals surface area contributed by atoms with Crippen molar-refractivity contribution >= 4 is 23.2 Å². The topological polar surface area (TPSA) is 67.2 Å². The van der Waals surface area contributed by atoms with Crippen molar-refractivity contribution < 1.29 is 9.59 Å². The zero-order valence-electron chi connectivity index (χ0n) is 10.1. The van der Waals surface area contributed by atoms with Crippen LogP contribution in [0.4, 0.5) is 11.4 Å². The molecule has 0 aliphatic carbocycles. The van der Waals surface area contributed by atoms with E-state index in [-0.39, 0.29) is 24.9 Å². The van der Waals surface area contributed by atoms with Gasteiger partial charge in [0.15, 0.2) is 0 Å². The fourth-order valence-electron chi connectivity index (χ4n) is 2.08. The Balaban J connectivity index is 1.88. The van der Waals surface area contributed by atoms with E-state index in [4.69, 9.17) is 0 Å². The van der Waals surface area contributed by atoms with E-state index < -0.39 is 0 Å². The van der Waals surface area contributed by atoms with Crippen molar-refractivity contribution in [2.75, 3.05) is 16.8 Å². The Kier molecular flexibility index (Phi) is 2.75. The zero-order chi connectivity index (χ0) is 13.2. The third-order valence-electron chi connectivity index (χ3n) is 2.95. The molecule has 0 saturated heterocycles. The number of rotatable bonds is 2. The second-order valence-corrected chi connectivity index (χ2v) is 4.28. The highest BCUT2D eigenvalue weighted by molar-refractivity contribution is 6.09. The minimum absolute atomic E-state index is 0.0462. The molecule has 0 saturated carbocycles. The van der Waals surface area contributed by atoms with Gasteiger partial charge in [0.25, 0.3) is 0 Å². The molecule has 3 rings (SSSR count). The summed E-state index contributed by atoms with van der Waals surface area (Å²) in [6.45, 7) is 0.214. The Morgan fingerprint density at radius 1 is 1.37 bits per heavy atom. The van der Waals surface area contributed by atoms with Gasteiger partial charge in [-0.3, -0.25) is 14.5 Å². The summed E-state index contributed by atoms with van der Waals surface area (Å²) in [5.74, 6) is -0.321. The van der Waals surface area contributed by atoms with E-state index >= 15 is 0 Å². The summed E-state index contributed by atoms with van der Waals surface area (Å²) >= 11 is 0. The average molecular weight is 256 g/mol. The number of aromatic nitrogens is 2. The van der Waals surface area contributed by atoms with E-state index in [1.165, 1.54) is 4.90 Å². The Morgan fingerprint density at radius 2 is 2.21 bits per heavy atom. The minimum Gasteiger partial charge on any atom is -0.328 e. The third-order valence-corrected chi connectivity index (χ3v) is 2.95. The molecule has 2 heterocycles. The number of para-hydroxylation sites is 2. The van der Waals surface area contributed by atoms with Gasteiger partial charge in [0.1, 0.15) is 13.1 Å². The number of hydrogen-bond donors (Lipinski definition) is 1. The largest absolute Gasteiger partial charge is 0.328 e. The second kappa shape index (κ2) is 4.56. The van der Waals surface area contributed by atoms with Gasteiger partial charge in [-0.25, -0.2) is 4.98 Å². The number of nitrogens with one attached hydrogen (secondary N) is 1. The molecule has 96 valence electrons. The molecule has 0 bridgehead atoms. The summed E-state index contributed by atoms with van der Waals surface area (Å²) < 4.78 is 1.68. The van der Waals surface area contributed by atoms with Gasteiger partial charge < -0.3 is 9.88 Å². The number of hydrogen-bond acceptors (Lipinski definition) is 3. The maximum atomic E-state index is 12.3. The molecular formula is C13H12N4O2. The maximum Gasteiger partial charge on any atom is 0.247 e. The quantitative estimate of drug-likeness (QED) is 0.866. The number of nitrogens with zero attached hydrogens (tertiary/aromatic N) is 3. The lowest BCUT2D eigenvalue weighted by Crippen LogP contribution is -2.43. The second-order valence-electron chi connectivity index (χ2n) is 4.28. The highest BCUT2D eigenvalue weighted by Crippen LogP contribution is 2.28. The van der Waals surface area contributed by atoms with Crippen molar-refractivity contribution in [2.24, 2.45) is 0 Å². The molecule has 0 unspecified atom stereocenters. The molecule has 19 heavy (non-hydrogen) atoms. The fourth-order valence-corrected chi connectivity index (χ4v) is 2.08. The summed E-state index contributed by atoms with van der Waals surface area (Å²) in [7, 11) is 0. The first-order chi connectivity index (χ1) is 9.24. The molecule has 0 radical (unpaired) electrons. The van der Waals surface area contributed by atoms with Gasteiger partial charge in [0.2, 0.25) is 11.8 Å². The average Bonchev–Trinajstić information content (AvgIpc) is 2.90. The van der Waals surface area contributed by atoms with Crippen molar-refractivity contribution in [3.05, 3.63) is 43.0 Å². The Hall–Kier alpha value is -2.63. The van der Waals surface area contributed by atoms with E-state index in [1.807, 2.05) is 18.2 Å². The molecule has 1 aliphatic heterocycles. The van der Waals surface area contributed by atoms with Crippen LogP contribution in [0.5, 0.6) is 0 Å². The van der Waals surface area contributed by atoms with Crippen LogP contribution < -0.4 is 10.2 Å². The van der Waals surface area contributed by atoms with Gasteiger partial charge in [-0.05, 0) is 12.1 Å². The van der Waals surface area contributed by atoms with E-state index in [0.717, 1.165) is 5.69 Å². The molecule has 6 heteroatoms. The number of carbonyl (C=O) groups excluding carboxylic acids is 2. The van der Waals surface area contributed by atoms with Crippen molar-refractivity contribution in [3.8, 4) is 0 Å². The van der Waals surface area contributed by atoms with Crippen LogP contribution in [0.25, 0.3) is 0 Å². The van der Waals surface area contributed by atoms with Gasteiger partial charge in [-0.2, -0.15) is 0 Å². The molecule has 0 fully saturated rings. The smallest absolute Gasteiger partial charge is 0.247 e. The lowest BCUT2D eigenvalue weighted by molar-refractivity contribution is -0.122. The molecule has 0 atom stereocenters. The van der Waals surface area contributed by atoms with Gasteiger partial charge in [-0.15, -0.1) is 0 Å². The van der Waals surface area contributed by atoms with Gasteiger partial charge >= 0.3 is 0 Å². The van der Waals surface area contributed by atoms with E-state index in [0.29, 0.717) is 5.69 Å². The summed E-state index contributed by atoms with van der Waals surface area (Å²) in [5.41, 5.74) is 1.39. The van der Waals surface area contributed by atoms with E-state index in [1.54, 1.807) is 29.4 Å². The van der Waals surface area contributed by atoms with Crippen molar-refractivity contribution in [1.29, 1.82) is 0 Å². The van der Waals surface area contributed by atoms with Crippen LogP contribution in [0, 0.1) is 0 Å². The molecular weight excluding hydrogens is 244 g/mol. The first-order valence-electron chi connectivity index (χ1n) is 5.89. The number of benzene rings is 1. The molecule has 6 nitrogen and oxygen atoms in total. The molecule has 1 aliphatic rings. The van der Waals surface area contributed by atoms with Crippen molar-refractivity contribution in [1.82, 2.24) is 9.55 Å². The van der Waals surface area contributed by atoms with Crippen LogP contribution in [-0.4, -0.2) is 27.9 Å². The fraction of sp³-hybridized carbons (Fsp3) is 0.154. The molecule has 1 aromatic heterocycles. The van der Waals surface area contributed by atoms with Crippen LogP contribution in [-0.2, 0) is 16.1 Å². The van der Waals surface area contributed by atoms with Crippen LogP contribution in [0.2, 0.25) is 0 Å². The number of amides is 2. The summed E-state index contributed by atoms with van der Waals surface area (Å²) in [6, 6.07) is 7.27. The van der Waals surface area contributed by atoms with Crippen LogP contribution in [0.15, 0.2) is 43.0 Å². The summed E-state index contributed by atoms with van der Waals surface area (Å²) in [6.07, 6.45) is 4.91.